The number of fused-ring (bicyclic) bond motifs is 1. The lowest BCUT2D eigenvalue weighted by Crippen LogP contribution is -2.30. The Morgan fingerprint density at radius 3 is 2.47 bits per heavy atom. The minimum Gasteiger partial charge on any atom is -0.367 e. The number of aromatic amines is 2. The van der Waals surface area contributed by atoms with Crippen LogP contribution in [0.15, 0.2) is 58.3 Å². The van der Waals surface area contributed by atoms with Crippen LogP contribution in [0.2, 0.25) is 0 Å². The number of hydrogen-bond acceptors (Lipinski definition) is 4. The topological polar surface area (TPSA) is 86.3 Å². The molecule has 1 fully saturated rings. The molecule has 1 aliphatic rings. The summed E-state index contributed by atoms with van der Waals surface area (Å²) < 4.78 is 1.45. The lowest BCUT2D eigenvalue weighted by Gasteiger charge is -2.28. The maximum atomic E-state index is 13.5. The number of benzene rings is 1. The van der Waals surface area contributed by atoms with Crippen LogP contribution in [-0.2, 0) is 0 Å². The highest BCUT2D eigenvalue weighted by Crippen LogP contribution is 2.35. The molecule has 0 radical (unpaired) electrons. The first kappa shape index (κ1) is 18.4. The maximum Gasteiger partial charge on any atom is 0.282 e. The van der Waals surface area contributed by atoms with Gasteiger partial charge in [-0.15, -0.1) is 0 Å². The molecule has 0 amide bonds. The van der Waals surface area contributed by atoms with E-state index < -0.39 is 0 Å². The van der Waals surface area contributed by atoms with E-state index in [-0.39, 0.29) is 11.1 Å². The molecule has 0 bridgehead atoms. The Bertz CT molecular complexity index is 1330. The zero-order valence-corrected chi connectivity index (χ0v) is 16.8. The van der Waals surface area contributed by atoms with E-state index in [4.69, 9.17) is 5.10 Å². The predicted octanol–water partition coefficient (Wildman–Crippen LogP) is 3.34. The SMILES string of the molecule is Cc1[nH]c2c(N3CCCCC3)c(-c3ccccc3)nn2c(=O)c1-c1cc[nH]c(=O)c1. The van der Waals surface area contributed by atoms with Gasteiger partial charge in [0.1, 0.15) is 11.4 Å². The molecule has 1 aromatic carbocycles. The normalized spacial score (nSPS) is 14.4. The Hall–Kier alpha value is -3.61. The van der Waals surface area contributed by atoms with Crippen molar-refractivity contribution in [2.75, 3.05) is 18.0 Å². The van der Waals surface area contributed by atoms with Gasteiger partial charge in [0, 0.05) is 36.6 Å². The van der Waals surface area contributed by atoms with Crippen molar-refractivity contribution in [3.63, 3.8) is 0 Å². The van der Waals surface area contributed by atoms with E-state index in [1.165, 1.54) is 17.0 Å². The molecule has 0 atom stereocenters. The molecular formula is C23H23N5O2. The summed E-state index contributed by atoms with van der Waals surface area (Å²) in [6, 6.07) is 13.1. The van der Waals surface area contributed by atoms with Crippen molar-refractivity contribution in [3.05, 3.63) is 75.1 Å². The van der Waals surface area contributed by atoms with Gasteiger partial charge in [0.15, 0.2) is 5.65 Å². The second kappa shape index (κ2) is 7.33. The Balaban J connectivity index is 1.81. The van der Waals surface area contributed by atoms with E-state index in [0.29, 0.717) is 16.8 Å². The van der Waals surface area contributed by atoms with Crippen molar-refractivity contribution < 1.29 is 0 Å². The van der Waals surface area contributed by atoms with Gasteiger partial charge in [-0.3, -0.25) is 9.59 Å². The fraction of sp³-hybridized carbons (Fsp3) is 0.261. The number of nitrogens with zero attached hydrogens (tertiary/aromatic N) is 3. The molecule has 0 spiro atoms. The van der Waals surface area contributed by atoms with Crippen molar-refractivity contribution in [1.82, 2.24) is 19.6 Å². The molecule has 3 aromatic heterocycles. The van der Waals surface area contributed by atoms with Gasteiger partial charge in [-0.1, -0.05) is 30.3 Å². The first-order valence-electron chi connectivity index (χ1n) is 10.3. The van der Waals surface area contributed by atoms with Crippen LogP contribution in [-0.4, -0.2) is 32.7 Å². The van der Waals surface area contributed by atoms with Crippen LogP contribution in [0.4, 0.5) is 5.69 Å². The van der Waals surface area contributed by atoms with E-state index >= 15 is 0 Å². The smallest absolute Gasteiger partial charge is 0.282 e. The Labute approximate surface area is 173 Å². The monoisotopic (exact) mass is 401 g/mol. The van der Waals surface area contributed by atoms with Gasteiger partial charge in [-0.2, -0.15) is 9.61 Å². The molecule has 5 rings (SSSR count). The van der Waals surface area contributed by atoms with Crippen molar-refractivity contribution >= 4 is 11.3 Å². The third-order valence-corrected chi connectivity index (χ3v) is 5.73. The zero-order valence-electron chi connectivity index (χ0n) is 16.8. The highest BCUT2D eigenvalue weighted by atomic mass is 16.1. The number of H-pyrrole nitrogens is 2. The van der Waals surface area contributed by atoms with Gasteiger partial charge in [0.25, 0.3) is 5.56 Å². The van der Waals surface area contributed by atoms with Gasteiger partial charge < -0.3 is 14.9 Å². The van der Waals surface area contributed by atoms with Crippen molar-refractivity contribution in [2.45, 2.75) is 26.2 Å². The van der Waals surface area contributed by atoms with Crippen LogP contribution < -0.4 is 16.0 Å². The number of hydrogen-bond donors (Lipinski definition) is 2. The molecule has 0 unspecified atom stereocenters. The van der Waals surface area contributed by atoms with Crippen molar-refractivity contribution in [2.24, 2.45) is 0 Å². The van der Waals surface area contributed by atoms with Crippen LogP contribution in [0.3, 0.4) is 0 Å². The van der Waals surface area contributed by atoms with E-state index in [2.05, 4.69) is 14.9 Å². The van der Waals surface area contributed by atoms with Gasteiger partial charge in [-0.25, -0.2) is 0 Å². The van der Waals surface area contributed by atoms with Gasteiger partial charge in [-0.05, 0) is 37.8 Å². The van der Waals surface area contributed by atoms with Crippen LogP contribution >= 0.6 is 0 Å². The molecule has 7 heteroatoms. The first-order valence-corrected chi connectivity index (χ1v) is 10.3. The lowest BCUT2D eigenvalue weighted by atomic mass is 10.1. The summed E-state index contributed by atoms with van der Waals surface area (Å²) >= 11 is 0. The Morgan fingerprint density at radius 2 is 1.73 bits per heavy atom. The highest BCUT2D eigenvalue weighted by Gasteiger charge is 2.25. The van der Waals surface area contributed by atoms with E-state index in [0.717, 1.165) is 48.6 Å². The largest absolute Gasteiger partial charge is 0.367 e. The van der Waals surface area contributed by atoms with E-state index in [9.17, 15) is 9.59 Å². The third kappa shape index (κ3) is 3.03. The number of anilines is 1. The molecule has 4 aromatic rings. The minimum atomic E-state index is -0.245. The molecule has 0 saturated carbocycles. The quantitative estimate of drug-likeness (QED) is 0.551. The third-order valence-electron chi connectivity index (χ3n) is 5.73. The fourth-order valence-electron chi connectivity index (χ4n) is 4.32. The molecule has 7 nitrogen and oxygen atoms in total. The van der Waals surface area contributed by atoms with E-state index in [1.807, 2.05) is 37.3 Å². The highest BCUT2D eigenvalue weighted by molar-refractivity contribution is 5.86. The van der Waals surface area contributed by atoms with Crippen molar-refractivity contribution in [3.8, 4) is 22.4 Å². The molecule has 2 N–H and O–H groups in total. The number of piperidine rings is 1. The van der Waals surface area contributed by atoms with Gasteiger partial charge in [0.2, 0.25) is 5.56 Å². The molecule has 152 valence electrons. The summed E-state index contributed by atoms with van der Waals surface area (Å²) in [4.78, 5) is 33.6. The van der Waals surface area contributed by atoms with E-state index in [1.54, 1.807) is 12.3 Å². The standard InChI is InChI=1S/C23H23N5O2/c1-15-19(17-10-11-24-18(29)14-17)23(30)28-22(25-15)21(27-12-6-3-7-13-27)20(26-28)16-8-4-2-5-9-16/h2,4-5,8-11,14,25H,3,6-7,12-13H2,1H3,(H,24,29). The number of pyridine rings is 1. The molecule has 4 heterocycles. The summed E-state index contributed by atoms with van der Waals surface area (Å²) in [6.07, 6.45) is 5.02. The van der Waals surface area contributed by atoms with Gasteiger partial charge in [0.05, 0.1) is 5.56 Å². The molecule has 30 heavy (non-hydrogen) atoms. The average molecular weight is 401 g/mol. The molecule has 0 aliphatic carbocycles. The molecular weight excluding hydrogens is 378 g/mol. The lowest BCUT2D eigenvalue weighted by molar-refractivity contribution is 0.579. The van der Waals surface area contributed by atoms with Crippen LogP contribution in [0.5, 0.6) is 0 Å². The Morgan fingerprint density at radius 1 is 0.967 bits per heavy atom. The average Bonchev–Trinajstić information content (AvgIpc) is 3.15. The number of aryl methyl sites for hydroxylation is 1. The summed E-state index contributed by atoms with van der Waals surface area (Å²) in [6.45, 7) is 3.75. The number of nitrogens with one attached hydrogen (secondary N) is 2. The number of aromatic nitrogens is 4. The second-order valence-electron chi connectivity index (χ2n) is 7.74. The molecule has 1 saturated heterocycles. The summed E-state index contributed by atoms with van der Waals surface area (Å²) in [7, 11) is 0. The predicted molar refractivity (Wildman–Crippen MR) is 118 cm³/mol. The minimum absolute atomic E-state index is 0.229. The van der Waals surface area contributed by atoms with Crippen LogP contribution in [0.1, 0.15) is 25.0 Å². The van der Waals surface area contributed by atoms with Crippen molar-refractivity contribution in [1.29, 1.82) is 0 Å². The summed E-state index contributed by atoms with van der Waals surface area (Å²) in [5.74, 6) is 0. The first-order chi connectivity index (χ1) is 14.6. The Kier molecular flexibility index (Phi) is 4.50. The fourth-order valence-corrected chi connectivity index (χ4v) is 4.32. The summed E-state index contributed by atoms with van der Waals surface area (Å²) in [5, 5.41) is 4.75. The summed E-state index contributed by atoms with van der Waals surface area (Å²) in [5.41, 5.74) is 4.73. The second-order valence-corrected chi connectivity index (χ2v) is 7.74. The maximum absolute atomic E-state index is 13.5. The molecule has 1 aliphatic heterocycles. The number of rotatable bonds is 3. The van der Waals surface area contributed by atoms with Gasteiger partial charge >= 0.3 is 0 Å². The van der Waals surface area contributed by atoms with Crippen LogP contribution in [0.25, 0.3) is 28.0 Å². The zero-order chi connectivity index (χ0) is 20.7. The van der Waals surface area contributed by atoms with Crippen LogP contribution in [0, 0.1) is 6.92 Å².